The summed E-state index contributed by atoms with van der Waals surface area (Å²) in [4.78, 5) is 46.8. The highest BCUT2D eigenvalue weighted by molar-refractivity contribution is 8.26. The summed E-state index contributed by atoms with van der Waals surface area (Å²) in [5, 5.41) is 0. The Morgan fingerprint density at radius 1 is 1.34 bits per heavy atom. The number of nitrogens with zero attached hydrogens (tertiary/aromatic N) is 4. The summed E-state index contributed by atoms with van der Waals surface area (Å²) in [6, 6.07) is 5.34. The first-order chi connectivity index (χ1) is 15.3. The van der Waals surface area contributed by atoms with E-state index >= 15 is 0 Å². The fourth-order valence-electron chi connectivity index (χ4n) is 4.01. The van der Waals surface area contributed by atoms with Gasteiger partial charge in [0.15, 0.2) is 0 Å². The Balaban J connectivity index is 1.79. The molecule has 0 radical (unpaired) electrons. The van der Waals surface area contributed by atoms with E-state index in [0.29, 0.717) is 52.2 Å². The van der Waals surface area contributed by atoms with Gasteiger partial charge in [0.05, 0.1) is 10.5 Å². The molecule has 168 valence electrons. The molecule has 1 atom stereocenters. The molecule has 2 N–H and O–H groups in total. The summed E-state index contributed by atoms with van der Waals surface area (Å²) in [6.45, 7) is 5.06. The topological polar surface area (TPSA) is 101 Å². The Hall–Kier alpha value is -2.72. The van der Waals surface area contributed by atoms with Gasteiger partial charge in [-0.2, -0.15) is 0 Å². The van der Waals surface area contributed by atoms with Crippen molar-refractivity contribution >= 4 is 57.7 Å². The Bertz CT molecular complexity index is 1180. The molecule has 1 unspecified atom stereocenters. The summed E-state index contributed by atoms with van der Waals surface area (Å²) < 4.78 is 1.97. The normalized spacial score (nSPS) is 19.9. The number of amides is 2. The molecule has 0 bridgehead atoms. The maximum atomic E-state index is 13.4. The van der Waals surface area contributed by atoms with Crippen molar-refractivity contribution in [3.63, 3.8) is 0 Å². The number of piperidine rings is 1. The first-order valence-electron chi connectivity index (χ1n) is 10.6. The van der Waals surface area contributed by atoms with Crippen molar-refractivity contribution in [2.24, 2.45) is 11.7 Å². The van der Waals surface area contributed by atoms with Crippen LogP contribution in [-0.2, 0) is 9.59 Å². The average Bonchev–Trinajstić information content (AvgIpc) is 3.07. The van der Waals surface area contributed by atoms with E-state index in [2.05, 4.69) is 0 Å². The molecule has 2 aromatic heterocycles. The fourth-order valence-corrected chi connectivity index (χ4v) is 5.45. The van der Waals surface area contributed by atoms with Gasteiger partial charge in [-0.25, -0.2) is 4.98 Å². The number of aromatic nitrogens is 2. The third-order valence-corrected chi connectivity index (χ3v) is 7.41. The highest BCUT2D eigenvalue weighted by Crippen LogP contribution is 2.35. The van der Waals surface area contributed by atoms with Crippen LogP contribution < -0.4 is 16.2 Å². The molecule has 2 saturated heterocycles. The number of hydrogen-bond donors (Lipinski definition) is 1. The minimum Gasteiger partial charge on any atom is -0.369 e. The number of hydrogen-bond acceptors (Lipinski definition) is 7. The van der Waals surface area contributed by atoms with Crippen LogP contribution in [0.2, 0.25) is 0 Å². The third-order valence-electron chi connectivity index (χ3n) is 6.08. The van der Waals surface area contributed by atoms with Crippen molar-refractivity contribution < 1.29 is 9.59 Å². The van der Waals surface area contributed by atoms with Crippen LogP contribution in [0.25, 0.3) is 11.7 Å². The van der Waals surface area contributed by atoms with Crippen LogP contribution >= 0.6 is 24.0 Å². The molecule has 2 aromatic rings. The molecular formula is C22H25N5O3S2. The quantitative estimate of drug-likeness (QED) is 0.528. The van der Waals surface area contributed by atoms with Gasteiger partial charge in [-0.3, -0.25) is 23.7 Å². The molecule has 4 rings (SSSR count). The van der Waals surface area contributed by atoms with Crippen molar-refractivity contribution in [3.05, 3.63) is 45.2 Å². The molecule has 10 heteroatoms. The van der Waals surface area contributed by atoms with Crippen molar-refractivity contribution in [2.45, 2.75) is 39.2 Å². The number of fused-ring (bicyclic) bond motifs is 1. The van der Waals surface area contributed by atoms with E-state index in [-0.39, 0.29) is 29.3 Å². The average molecular weight is 472 g/mol. The molecule has 8 nitrogen and oxygen atoms in total. The second kappa shape index (κ2) is 9.03. The van der Waals surface area contributed by atoms with Crippen LogP contribution in [-0.4, -0.2) is 49.6 Å². The standard InChI is InChI=1S/C22H25N5O3S2/c1-3-13(2)27-21(30)16(32-22(27)31)12-15-19(25-10-7-14(8-11-25)18(23)28)24-17-6-4-5-9-26(17)20(15)29/h4-6,9,12-14H,3,7-8,10-11H2,1-2H3,(H2,23,28)/b16-12+. The lowest BCUT2D eigenvalue weighted by Gasteiger charge is -2.32. The van der Waals surface area contributed by atoms with Gasteiger partial charge in [-0.1, -0.05) is 37.0 Å². The summed E-state index contributed by atoms with van der Waals surface area (Å²) in [6.07, 6.45) is 5.25. The van der Waals surface area contributed by atoms with Crippen LogP contribution in [0.3, 0.4) is 0 Å². The molecule has 32 heavy (non-hydrogen) atoms. The number of carbonyl (C=O) groups is 2. The van der Waals surface area contributed by atoms with Crippen molar-refractivity contribution in [1.82, 2.24) is 14.3 Å². The number of rotatable bonds is 5. The van der Waals surface area contributed by atoms with Crippen LogP contribution in [0, 0.1) is 5.92 Å². The lowest BCUT2D eigenvalue weighted by atomic mass is 9.96. The van der Waals surface area contributed by atoms with E-state index in [1.165, 1.54) is 16.2 Å². The molecule has 2 fully saturated rings. The number of carbonyl (C=O) groups excluding carboxylic acids is 2. The molecule has 2 aliphatic heterocycles. The first-order valence-corrected chi connectivity index (χ1v) is 11.9. The first kappa shape index (κ1) is 22.5. The van der Waals surface area contributed by atoms with Gasteiger partial charge in [0.25, 0.3) is 11.5 Å². The van der Waals surface area contributed by atoms with Gasteiger partial charge in [0.1, 0.15) is 15.8 Å². The predicted octanol–water partition coefficient (Wildman–Crippen LogP) is 2.40. The zero-order chi connectivity index (χ0) is 23.0. The highest BCUT2D eigenvalue weighted by atomic mass is 32.2. The van der Waals surface area contributed by atoms with Gasteiger partial charge >= 0.3 is 0 Å². The highest BCUT2D eigenvalue weighted by Gasteiger charge is 2.35. The van der Waals surface area contributed by atoms with E-state index in [1.807, 2.05) is 24.8 Å². The Kier molecular flexibility index (Phi) is 6.34. The lowest BCUT2D eigenvalue weighted by Crippen LogP contribution is -2.40. The number of primary amides is 1. The van der Waals surface area contributed by atoms with Gasteiger partial charge < -0.3 is 10.6 Å². The fraction of sp³-hybridized carbons (Fsp3) is 0.409. The monoisotopic (exact) mass is 471 g/mol. The van der Waals surface area contributed by atoms with E-state index in [4.69, 9.17) is 22.9 Å². The second-order valence-corrected chi connectivity index (χ2v) is 9.73. The second-order valence-electron chi connectivity index (χ2n) is 8.06. The summed E-state index contributed by atoms with van der Waals surface area (Å²) in [5.41, 5.74) is 6.08. The van der Waals surface area contributed by atoms with Gasteiger partial charge in [0.2, 0.25) is 5.91 Å². The SMILES string of the molecule is CCC(C)N1C(=O)/C(=C\c2c(N3CCC(C(N)=O)CC3)nc3ccccn3c2=O)SC1=S. The van der Waals surface area contributed by atoms with Crippen LogP contribution in [0.1, 0.15) is 38.7 Å². The van der Waals surface area contributed by atoms with E-state index in [9.17, 15) is 14.4 Å². The molecular weight excluding hydrogens is 446 g/mol. The molecule has 2 amide bonds. The molecule has 0 spiro atoms. The van der Waals surface area contributed by atoms with E-state index in [1.54, 1.807) is 29.3 Å². The summed E-state index contributed by atoms with van der Waals surface area (Å²) in [5.74, 6) is -0.156. The number of pyridine rings is 1. The van der Waals surface area contributed by atoms with Crippen LogP contribution in [0.4, 0.5) is 5.82 Å². The largest absolute Gasteiger partial charge is 0.369 e. The maximum absolute atomic E-state index is 13.4. The molecule has 0 aromatic carbocycles. The number of thioether (sulfide) groups is 1. The molecule has 0 saturated carbocycles. The lowest BCUT2D eigenvalue weighted by molar-refractivity contribution is -0.123. The molecule has 0 aliphatic carbocycles. The Morgan fingerprint density at radius 2 is 2.06 bits per heavy atom. The van der Waals surface area contributed by atoms with E-state index in [0.717, 1.165) is 6.42 Å². The zero-order valence-corrected chi connectivity index (χ0v) is 19.6. The molecule has 2 aliphatic rings. The number of thiocarbonyl (C=S) groups is 1. The zero-order valence-electron chi connectivity index (χ0n) is 18.0. The van der Waals surface area contributed by atoms with Crippen molar-refractivity contribution in [2.75, 3.05) is 18.0 Å². The van der Waals surface area contributed by atoms with Crippen LogP contribution in [0.5, 0.6) is 0 Å². The van der Waals surface area contributed by atoms with Gasteiger partial charge in [-0.05, 0) is 44.4 Å². The Morgan fingerprint density at radius 3 is 2.72 bits per heavy atom. The summed E-state index contributed by atoms with van der Waals surface area (Å²) >= 11 is 6.64. The Labute approximate surface area is 195 Å². The number of nitrogens with two attached hydrogens (primary N) is 1. The summed E-state index contributed by atoms with van der Waals surface area (Å²) in [7, 11) is 0. The smallest absolute Gasteiger partial charge is 0.267 e. The van der Waals surface area contributed by atoms with Gasteiger partial charge in [0, 0.05) is 31.2 Å². The predicted molar refractivity (Wildman–Crippen MR) is 130 cm³/mol. The van der Waals surface area contributed by atoms with Crippen LogP contribution in [0.15, 0.2) is 34.1 Å². The minimum absolute atomic E-state index is 0.0171. The van der Waals surface area contributed by atoms with Gasteiger partial charge in [-0.15, -0.1) is 0 Å². The maximum Gasteiger partial charge on any atom is 0.267 e. The van der Waals surface area contributed by atoms with Crippen molar-refractivity contribution in [1.29, 1.82) is 0 Å². The number of anilines is 1. The van der Waals surface area contributed by atoms with Crippen molar-refractivity contribution in [3.8, 4) is 0 Å². The minimum atomic E-state index is -0.301. The third kappa shape index (κ3) is 4.04. The molecule has 4 heterocycles. The van der Waals surface area contributed by atoms with E-state index < -0.39 is 0 Å².